The Labute approximate surface area is 224 Å². The quantitative estimate of drug-likeness (QED) is 0.307. The molecule has 202 valence electrons. The molecule has 0 saturated carbocycles. The number of aryl methyl sites for hydroxylation is 1. The number of allylic oxidation sites excluding steroid dienone is 3. The summed E-state index contributed by atoms with van der Waals surface area (Å²) in [6.45, 7) is 15.7. The number of benzene rings is 2. The van der Waals surface area contributed by atoms with Crippen LogP contribution in [0.4, 0.5) is 17.1 Å². The van der Waals surface area contributed by atoms with Crippen LogP contribution in [0.15, 0.2) is 77.3 Å². The lowest BCUT2D eigenvalue weighted by Crippen LogP contribution is -2.33. The van der Waals surface area contributed by atoms with Crippen molar-refractivity contribution in [1.82, 2.24) is 5.32 Å². The number of hydrogen-bond acceptors (Lipinski definition) is 4. The van der Waals surface area contributed by atoms with Crippen molar-refractivity contribution in [1.29, 1.82) is 0 Å². The number of hydrogen-bond donors (Lipinski definition) is 2. The van der Waals surface area contributed by atoms with Crippen LogP contribution < -0.4 is 15.5 Å². The summed E-state index contributed by atoms with van der Waals surface area (Å²) in [4.78, 5) is 27.6. The molecule has 0 unspecified atom stereocenters. The van der Waals surface area contributed by atoms with Gasteiger partial charge in [0.25, 0.3) is 0 Å². The monoisotopic (exact) mass is 506 g/mol. The van der Waals surface area contributed by atoms with Crippen molar-refractivity contribution >= 4 is 35.1 Å². The zero-order valence-corrected chi connectivity index (χ0v) is 24.0. The van der Waals surface area contributed by atoms with Gasteiger partial charge in [-0.3, -0.25) is 9.59 Å². The minimum Gasteiger partial charge on any atom is -0.364 e. The molecule has 37 heavy (non-hydrogen) atoms. The average Bonchev–Trinajstić information content (AvgIpc) is 2.91. The van der Waals surface area contributed by atoms with E-state index in [-0.39, 0.29) is 5.91 Å². The van der Waals surface area contributed by atoms with E-state index in [0.717, 1.165) is 48.7 Å². The van der Waals surface area contributed by atoms with Gasteiger partial charge in [0, 0.05) is 26.2 Å². The lowest BCUT2D eigenvalue weighted by molar-refractivity contribution is -0.118. The summed E-state index contributed by atoms with van der Waals surface area (Å²) in [5.41, 5.74) is 6.39. The van der Waals surface area contributed by atoms with E-state index in [9.17, 15) is 9.59 Å². The number of anilines is 2. The molecule has 0 aromatic heterocycles. The van der Waals surface area contributed by atoms with Gasteiger partial charge in [0.1, 0.15) is 0 Å². The number of amides is 2. The molecule has 0 atom stereocenters. The van der Waals surface area contributed by atoms with Crippen LogP contribution in [0.5, 0.6) is 0 Å². The summed E-state index contributed by atoms with van der Waals surface area (Å²) >= 11 is 0. The standard InChI is InChI=1S/C19H25N3O.C7H8.C3H7NO.C2H6/c1-4-7-15(8-5-2)18-13-22(11-6-3)19-10-9-16(20-14-23)12-17(19)21-18;1-7-5-3-2-4-6-7;1-3(5)4-2;1-2/h4,7-10,12,14H,5-6,11,13H2,1-3H3,(H,20,23);2-6H,1H3;1-2H3,(H,4,5);1-2H3/b7-4-,15-8+;;;. The summed E-state index contributed by atoms with van der Waals surface area (Å²) in [7, 11) is 1.60. The SMILES string of the molecule is C/C=C\C(=C/CC)C1=Nc2cc(NC=O)ccc2N(CCC)C1.CC.CNC(C)=O.Cc1ccccc1. The molecule has 2 aromatic rings. The van der Waals surface area contributed by atoms with Crippen molar-refractivity contribution in [3.8, 4) is 0 Å². The number of fused-ring (bicyclic) bond motifs is 1. The normalized spacial score (nSPS) is 11.8. The highest BCUT2D eigenvalue weighted by Gasteiger charge is 2.20. The Balaban J connectivity index is 0.000000756. The van der Waals surface area contributed by atoms with Crippen LogP contribution >= 0.6 is 0 Å². The Kier molecular flexibility index (Phi) is 18.5. The summed E-state index contributed by atoms with van der Waals surface area (Å²) in [6, 6.07) is 16.2. The van der Waals surface area contributed by atoms with Gasteiger partial charge in [-0.25, -0.2) is 4.99 Å². The van der Waals surface area contributed by atoms with Gasteiger partial charge in [0.05, 0.1) is 23.6 Å². The third-order valence-corrected chi connectivity index (χ3v) is 5.03. The molecule has 0 radical (unpaired) electrons. The molecule has 1 aliphatic heterocycles. The van der Waals surface area contributed by atoms with Crippen molar-refractivity contribution < 1.29 is 9.59 Å². The number of nitrogens with zero attached hydrogens (tertiary/aromatic N) is 2. The largest absolute Gasteiger partial charge is 0.364 e. The van der Waals surface area contributed by atoms with Gasteiger partial charge in [0.15, 0.2) is 0 Å². The third-order valence-electron chi connectivity index (χ3n) is 5.03. The molecule has 1 aliphatic rings. The first-order valence-electron chi connectivity index (χ1n) is 13.1. The van der Waals surface area contributed by atoms with Crippen LogP contribution in [0.3, 0.4) is 0 Å². The summed E-state index contributed by atoms with van der Waals surface area (Å²) < 4.78 is 0. The van der Waals surface area contributed by atoms with Gasteiger partial charge in [0.2, 0.25) is 12.3 Å². The van der Waals surface area contributed by atoms with E-state index in [2.05, 4.69) is 60.6 Å². The minimum atomic E-state index is 0.00463. The van der Waals surface area contributed by atoms with Crippen LogP contribution in [0.25, 0.3) is 0 Å². The zero-order chi connectivity index (χ0) is 28.1. The average molecular weight is 507 g/mol. The number of aliphatic imine (C=N–C) groups is 1. The second-order valence-electron chi connectivity index (χ2n) is 7.97. The topological polar surface area (TPSA) is 73.8 Å². The highest BCUT2D eigenvalue weighted by molar-refractivity contribution is 6.09. The molecule has 3 rings (SSSR count). The van der Waals surface area contributed by atoms with Gasteiger partial charge in [-0.2, -0.15) is 0 Å². The van der Waals surface area contributed by atoms with Gasteiger partial charge < -0.3 is 15.5 Å². The van der Waals surface area contributed by atoms with E-state index >= 15 is 0 Å². The Hall–Kier alpha value is -3.67. The summed E-state index contributed by atoms with van der Waals surface area (Å²) in [5, 5.41) is 5.09. The fourth-order valence-corrected chi connectivity index (χ4v) is 3.33. The highest BCUT2D eigenvalue weighted by Crippen LogP contribution is 2.35. The maximum Gasteiger partial charge on any atom is 0.216 e. The Morgan fingerprint density at radius 2 is 1.76 bits per heavy atom. The molecular formula is C31H46N4O2. The summed E-state index contributed by atoms with van der Waals surface area (Å²) in [5.74, 6) is 0.00463. The molecule has 2 aromatic carbocycles. The smallest absolute Gasteiger partial charge is 0.216 e. The third kappa shape index (κ3) is 13.3. The maximum atomic E-state index is 10.7. The second-order valence-corrected chi connectivity index (χ2v) is 7.97. The predicted molar refractivity (Wildman–Crippen MR) is 161 cm³/mol. The van der Waals surface area contributed by atoms with Gasteiger partial charge in [-0.1, -0.05) is 81.8 Å². The first-order chi connectivity index (χ1) is 17.9. The van der Waals surface area contributed by atoms with Crippen molar-refractivity contribution in [2.75, 3.05) is 30.4 Å². The molecule has 0 saturated heterocycles. The predicted octanol–water partition coefficient (Wildman–Crippen LogP) is 7.24. The molecule has 0 bridgehead atoms. The van der Waals surface area contributed by atoms with Gasteiger partial charge in [-0.05, 0) is 50.5 Å². The van der Waals surface area contributed by atoms with E-state index < -0.39 is 0 Å². The van der Waals surface area contributed by atoms with Crippen molar-refractivity contribution in [2.45, 2.75) is 61.3 Å². The minimum absolute atomic E-state index is 0.00463. The zero-order valence-electron chi connectivity index (χ0n) is 24.0. The highest BCUT2D eigenvalue weighted by atomic mass is 16.1. The van der Waals surface area contributed by atoms with E-state index in [4.69, 9.17) is 4.99 Å². The van der Waals surface area contributed by atoms with Crippen LogP contribution in [0, 0.1) is 6.92 Å². The number of carbonyl (C=O) groups is 2. The van der Waals surface area contributed by atoms with Crippen LogP contribution in [0.1, 0.15) is 59.9 Å². The second kappa shape index (κ2) is 20.5. The van der Waals surface area contributed by atoms with E-state index in [0.29, 0.717) is 6.41 Å². The molecule has 6 nitrogen and oxygen atoms in total. The van der Waals surface area contributed by atoms with E-state index in [1.807, 2.05) is 63.2 Å². The van der Waals surface area contributed by atoms with E-state index in [1.165, 1.54) is 18.1 Å². The molecule has 0 spiro atoms. The Morgan fingerprint density at radius 3 is 2.22 bits per heavy atom. The van der Waals surface area contributed by atoms with Crippen LogP contribution in [-0.4, -0.2) is 38.2 Å². The van der Waals surface area contributed by atoms with Gasteiger partial charge >= 0.3 is 0 Å². The molecule has 2 N–H and O–H groups in total. The molecule has 0 aliphatic carbocycles. The first-order valence-corrected chi connectivity index (χ1v) is 13.1. The van der Waals surface area contributed by atoms with Crippen LogP contribution in [0.2, 0.25) is 0 Å². The first kappa shape index (κ1) is 33.3. The maximum absolute atomic E-state index is 10.7. The molecule has 1 heterocycles. The van der Waals surface area contributed by atoms with Crippen LogP contribution in [-0.2, 0) is 9.59 Å². The van der Waals surface area contributed by atoms with Crippen molar-refractivity contribution in [2.24, 2.45) is 4.99 Å². The lowest BCUT2D eigenvalue weighted by atomic mass is 10.0. The molecule has 2 amide bonds. The van der Waals surface area contributed by atoms with E-state index in [1.54, 1.807) is 7.05 Å². The van der Waals surface area contributed by atoms with Gasteiger partial charge in [-0.15, -0.1) is 0 Å². The Bertz CT molecular complexity index is 1010. The fourth-order valence-electron chi connectivity index (χ4n) is 3.33. The van der Waals surface area contributed by atoms with Crippen molar-refractivity contribution in [3.63, 3.8) is 0 Å². The molecule has 0 fully saturated rings. The number of carbonyl (C=O) groups excluding carboxylic acids is 2. The summed E-state index contributed by atoms with van der Waals surface area (Å²) in [6.07, 6.45) is 9.13. The molecule has 6 heteroatoms. The Morgan fingerprint density at radius 1 is 1.11 bits per heavy atom. The number of nitrogens with one attached hydrogen (secondary N) is 2. The van der Waals surface area contributed by atoms with Crippen molar-refractivity contribution in [3.05, 3.63) is 77.9 Å². The fraction of sp³-hybridized carbons (Fsp3) is 0.387. The lowest BCUT2D eigenvalue weighted by Gasteiger charge is -2.31. The molecular weight excluding hydrogens is 460 g/mol. The number of rotatable bonds is 7.